The van der Waals surface area contributed by atoms with Gasteiger partial charge in [0, 0.05) is 37.7 Å². The third-order valence-electron chi connectivity index (χ3n) is 4.34. The maximum Gasteiger partial charge on any atom is 0.0378 e. The number of fused-ring (bicyclic) bond motifs is 2. The van der Waals surface area contributed by atoms with E-state index in [1.807, 2.05) is 24.4 Å². The number of pyridine rings is 1. The van der Waals surface area contributed by atoms with Gasteiger partial charge < -0.3 is 9.88 Å². The van der Waals surface area contributed by atoms with E-state index in [9.17, 15) is 0 Å². The van der Waals surface area contributed by atoms with E-state index < -0.39 is 0 Å². The Morgan fingerprint density at radius 2 is 1.62 bits per heavy atom. The van der Waals surface area contributed by atoms with Crippen LogP contribution in [0.5, 0.6) is 0 Å². The zero-order valence-electron chi connectivity index (χ0n) is 12.7. The van der Waals surface area contributed by atoms with Gasteiger partial charge in [-0.2, -0.15) is 0 Å². The third-order valence-corrected chi connectivity index (χ3v) is 4.34. The number of rotatable bonds is 1. The normalized spacial score (nSPS) is 11.8. The molecule has 0 saturated heterocycles. The molecule has 0 aliphatic carbocycles. The predicted molar refractivity (Wildman–Crippen MR) is 94.3 cm³/mol. The van der Waals surface area contributed by atoms with Gasteiger partial charge in [0.05, 0.1) is 0 Å². The largest absolute Gasteiger partial charge is 0.352 e. The molecule has 1 aliphatic heterocycles. The third kappa shape index (κ3) is 2.10. The van der Waals surface area contributed by atoms with Crippen LogP contribution in [-0.4, -0.2) is 4.98 Å². The van der Waals surface area contributed by atoms with Crippen molar-refractivity contribution in [2.75, 3.05) is 4.90 Å². The average molecular weight is 486 g/mol. The van der Waals surface area contributed by atoms with Gasteiger partial charge in [0.1, 0.15) is 0 Å². The number of para-hydroxylation sites is 1. The van der Waals surface area contributed by atoms with Crippen LogP contribution in [0, 0.1) is 6.07 Å². The van der Waals surface area contributed by atoms with Crippen LogP contribution >= 0.6 is 0 Å². The van der Waals surface area contributed by atoms with Crippen LogP contribution in [0.1, 0.15) is 0 Å². The summed E-state index contributed by atoms with van der Waals surface area (Å²) in [4.78, 5) is 6.94. The summed E-state index contributed by atoms with van der Waals surface area (Å²) in [7, 11) is 0. The number of nitrogens with zero attached hydrogens (tertiary/aromatic N) is 2. The maximum atomic E-state index is 4.65. The van der Waals surface area contributed by atoms with E-state index in [2.05, 4.69) is 70.5 Å². The van der Waals surface area contributed by atoms with Crippen molar-refractivity contribution in [1.29, 1.82) is 0 Å². The van der Waals surface area contributed by atoms with Crippen LogP contribution in [0.15, 0.2) is 79.0 Å². The van der Waals surface area contributed by atoms with E-state index in [1.54, 1.807) is 0 Å². The molecule has 3 aromatic carbocycles. The van der Waals surface area contributed by atoms with E-state index in [1.165, 1.54) is 16.5 Å². The van der Waals surface area contributed by atoms with E-state index in [0.29, 0.717) is 0 Å². The number of hydrogen-bond donors (Lipinski definition) is 0. The molecule has 0 saturated carbocycles. The van der Waals surface area contributed by atoms with Crippen molar-refractivity contribution in [2.24, 2.45) is 0 Å². The fourth-order valence-electron chi connectivity index (χ4n) is 3.38. The Bertz CT molecular complexity index is 1020. The van der Waals surface area contributed by atoms with E-state index in [-0.39, 0.29) is 20.1 Å². The molecular weight excluding hydrogens is 472 g/mol. The van der Waals surface area contributed by atoms with Crippen LogP contribution in [0.4, 0.5) is 17.1 Å². The van der Waals surface area contributed by atoms with Crippen molar-refractivity contribution >= 4 is 27.8 Å². The Morgan fingerprint density at radius 3 is 2.50 bits per heavy atom. The second-order valence-electron chi connectivity index (χ2n) is 5.64. The Balaban J connectivity index is 0.00000146. The first-order chi connectivity index (χ1) is 11.4. The molecule has 117 valence electrons. The SMILES string of the molecule is [Ir].[c-]1cccc2c1-c1nccc3cccc(c13)N2c1ccccc1. The second-order valence-corrected chi connectivity index (χ2v) is 5.64. The molecule has 0 spiro atoms. The Kier molecular flexibility index (Phi) is 3.68. The summed E-state index contributed by atoms with van der Waals surface area (Å²) in [5, 5.41) is 2.39. The topological polar surface area (TPSA) is 16.1 Å². The Morgan fingerprint density at radius 1 is 0.792 bits per heavy atom. The molecule has 0 amide bonds. The summed E-state index contributed by atoms with van der Waals surface area (Å²) in [6, 6.07) is 28.4. The molecule has 0 unspecified atom stereocenters. The summed E-state index contributed by atoms with van der Waals surface area (Å²) in [5.74, 6) is 0. The van der Waals surface area contributed by atoms with Crippen molar-refractivity contribution in [3.8, 4) is 11.3 Å². The minimum absolute atomic E-state index is 0. The Labute approximate surface area is 154 Å². The monoisotopic (exact) mass is 486 g/mol. The zero-order valence-corrected chi connectivity index (χ0v) is 15.1. The first kappa shape index (κ1) is 15.1. The van der Waals surface area contributed by atoms with Crippen LogP contribution < -0.4 is 4.90 Å². The molecule has 0 fully saturated rings. The van der Waals surface area contributed by atoms with Crippen molar-refractivity contribution in [1.82, 2.24) is 4.98 Å². The number of aromatic nitrogens is 1. The molecule has 0 atom stereocenters. The molecule has 0 N–H and O–H groups in total. The number of hydrogen-bond acceptors (Lipinski definition) is 2. The summed E-state index contributed by atoms with van der Waals surface area (Å²) in [6.07, 6.45) is 1.88. The maximum absolute atomic E-state index is 4.65. The van der Waals surface area contributed by atoms with Gasteiger partial charge in [-0.1, -0.05) is 30.3 Å². The molecule has 24 heavy (non-hydrogen) atoms. The van der Waals surface area contributed by atoms with Gasteiger partial charge in [0.25, 0.3) is 0 Å². The summed E-state index contributed by atoms with van der Waals surface area (Å²) < 4.78 is 0. The van der Waals surface area contributed by atoms with Gasteiger partial charge >= 0.3 is 0 Å². The van der Waals surface area contributed by atoms with Crippen LogP contribution in [-0.2, 0) is 20.1 Å². The molecule has 3 heteroatoms. The molecule has 2 nitrogen and oxygen atoms in total. The first-order valence-corrected chi connectivity index (χ1v) is 7.67. The summed E-state index contributed by atoms with van der Waals surface area (Å²) >= 11 is 0. The minimum Gasteiger partial charge on any atom is -0.352 e. The van der Waals surface area contributed by atoms with Gasteiger partial charge in [0.15, 0.2) is 0 Å². The van der Waals surface area contributed by atoms with Gasteiger partial charge in [-0.3, -0.25) is 0 Å². The standard InChI is InChI=1S/C21H13N2.Ir/c1-2-8-16(9-3-1)23-18-11-5-4-10-17(18)21-20-15(13-14-22-21)7-6-12-19(20)23;/h1-9,11-14H;/q-1;. The Hall–Kier alpha value is -2.48. The fourth-order valence-corrected chi connectivity index (χ4v) is 3.38. The molecular formula is C21H13IrN2-. The van der Waals surface area contributed by atoms with Gasteiger partial charge in [0.2, 0.25) is 0 Å². The van der Waals surface area contributed by atoms with Crippen molar-refractivity contribution in [3.63, 3.8) is 0 Å². The average Bonchev–Trinajstić information content (AvgIpc) is 2.63. The van der Waals surface area contributed by atoms with Gasteiger partial charge in [-0.15, -0.1) is 29.8 Å². The summed E-state index contributed by atoms with van der Waals surface area (Å²) in [6.45, 7) is 0. The van der Waals surface area contributed by atoms with E-state index in [0.717, 1.165) is 22.6 Å². The molecule has 1 aliphatic rings. The van der Waals surface area contributed by atoms with Gasteiger partial charge in [-0.05, 0) is 46.4 Å². The molecule has 1 radical (unpaired) electrons. The predicted octanol–water partition coefficient (Wildman–Crippen LogP) is 5.48. The molecule has 1 aromatic heterocycles. The fraction of sp³-hybridized carbons (Fsp3) is 0. The van der Waals surface area contributed by atoms with Crippen molar-refractivity contribution in [2.45, 2.75) is 0 Å². The van der Waals surface area contributed by atoms with E-state index >= 15 is 0 Å². The molecule has 0 bridgehead atoms. The molecule has 4 aromatic rings. The van der Waals surface area contributed by atoms with Crippen molar-refractivity contribution < 1.29 is 20.1 Å². The zero-order chi connectivity index (χ0) is 15.2. The van der Waals surface area contributed by atoms with Crippen LogP contribution in [0.3, 0.4) is 0 Å². The van der Waals surface area contributed by atoms with Gasteiger partial charge in [-0.25, -0.2) is 0 Å². The molecule has 2 heterocycles. The smallest absolute Gasteiger partial charge is 0.0378 e. The second kappa shape index (κ2) is 5.86. The van der Waals surface area contributed by atoms with Crippen LogP contribution in [0.25, 0.3) is 22.0 Å². The first-order valence-electron chi connectivity index (χ1n) is 7.67. The quantitative estimate of drug-likeness (QED) is 0.292. The van der Waals surface area contributed by atoms with Crippen molar-refractivity contribution in [3.05, 3.63) is 85.1 Å². The minimum atomic E-state index is 0. The van der Waals surface area contributed by atoms with E-state index in [4.69, 9.17) is 0 Å². The van der Waals surface area contributed by atoms with Crippen LogP contribution in [0.2, 0.25) is 0 Å². The molecule has 5 rings (SSSR count). The number of anilines is 3. The summed E-state index contributed by atoms with van der Waals surface area (Å²) in [5.41, 5.74) is 5.51. The number of benzene rings is 3.